The summed E-state index contributed by atoms with van der Waals surface area (Å²) in [5, 5.41) is 0. The van der Waals surface area contributed by atoms with Crippen LogP contribution in [0, 0.1) is 6.92 Å². The van der Waals surface area contributed by atoms with Crippen LogP contribution in [0.4, 0.5) is 5.82 Å². The van der Waals surface area contributed by atoms with Crippen molar-refractivity contribution in [3.05, 3.63) is 42.4 Å². The van der Waals surface area contributed by atoms with Gasteiger partial charge < -0.3 is 14.4 Å². The lowest BCUT2D eigenvalue weighted by Gasteiger charge is -2.19. The molecule has 25 heavy (non-hydrogen) atoms. The van der Waals surface area contributed by atoms with Crippen LogP contribution in [-0.4, -0.2) is 46.2 Å². The molecule has 0 saturated carbocycles. The Balaban J connectivity index is 1.49. The van der Waals surface area contributed by atoms with Gasteiger partial charge in [-0.05, 0) is 19.1 Å². The Hall–Kier alpha value is -2.96. The Morgan fingerprint density at radius 1 is 1.08 bits per heavy atom. The van der Waals surface area contributed by atoms with E-state index in [1.54, 1.807) is 19.5 Å². The van der Waals surface area contributed by atoms with Crippen LogP contribution in [0.25, 0.3) is 11.0 Å². The Kier molecular flexibility index (Phi) is 4.05. The van der Waals surface area contributed by atoms with Crippen LogP contribution in [0.2, 0.25) is 0 Å². The van der Waals surface area contributed by atoms with Gasteiger partial charge in [0.1, 0.15) is 6.10 Å². The van der Waals surface area contributed by atoms with Gasteiger partial charge in [-0.1, -0.05) is 12.1 Å². The summed E-state index contributed by atoms with van der Waals surface area (Å²) in [6.45, 7) is 3.60. The number of aromatic nitrogens is 4. The summed E-state index contributed by atoms with van der Waals surface area (Å²) in [7, 11) is 1.58. The molecule has 0 N–H and O–H groups in total. The fraction of sp³-hybridized carbons (Fsp3) is 0.333. The number of anilines is 1. The topological polar surface area (TPSA) is 73.3 Å². The molecule has 1 aliphatic heterocycles. The fourth-order valence-corrected chi connectivity index (χ4v) is 3.01. The van der Waals surface area contributed by atoms with Crippen molar-refractivity contribution in [2.45, 2.75) is 19.4 Å². The van der Waals surface area contributed by atoms with Crippen molar-refractivity contribution in [1.29, 1.82) is 0 Å². The molecular weight excluding hydrogens is 318 g/mol. The Bertz CT molecular complexity index is 884. The van der Waals surface area contributed by atoms with E-state index in [4.69, 9.17) is 14.5 Å². The first kappa shape index (κ1) is 15.6. The average Bonchev–Trinajstić information content (AvgIpc) is 3.10. The molecule has 7 heteroatoms. The number of hydrogen-bond acceptors (Lipinski definition) is 7. The monoisotopic (exact) mass is 337 g/mol. The predicted molar refractivity (Wildman–Crippen MR) is 94.1 cm³/mol. The molecule has 3 aromatic rings. The van der Waals surface area contributed by atoms with E-state index in [-0.39, 0.29) is 6.10 Å². The fourth-order valence-electron chi connectivity index (χ4n) is 3.01. The molecule has 7 nitrogen and oxygen atoms in total. The van der Waals surface area contributed by atoms with Crippen LogP contribution < -0.4 is 14.4 Å². The highest BCUT2D eigenvalue weighted by atomic mass is 16.5. The van der Waals surface area contributed by atoms with Crippen LogP contribution in [0.5, 0.6) is 11.8 Å². The minimum atomic E-state index is 0.0288. The van der Waals surface area contributed by atoms with E-state index in [0.29, 0.717) is 11.8 Å². The molecule has 0 amide bonds. The van der Waals surface area contributed by atoms with E-state index in [1.165, 1.54) is 0 Å². The van der Waals surface area contributed by atoms with Crippen molar-refractivity contribution in [3.63, 3.8) is 0 Å². The molecule has 1 fully saturated rings. The average molecular weight is 337 g/mol. The summed E-state index contributed by atoms with van der Waals surface area (Å²) in [5.74, 6) is 1.53. The molecule has 0 spiro atoms. The number of rotatable bonds is 4. The summed E-state index contributed by atoms with van der Waals surface area (Å²) in [6, 6.07) is 8.29. The van der Waals surface area contributed by atoms with Crippen molar-refractivity contribution in [1.82, 2.24) is 19.9 Å². The number of nitrogens with zero attached hydrogens (tertiary/aromatic N) is 5. The van der Waals surface area contributed by atoms with E-state index in [2.05, 4.69) is 19.9 Å². The Morgan fingerprint density at radius 2 is 1.80 bits per heavy atom. The summed E-state index contributed by atoms with van der Waals surface area (Å²) in [4.78, 5) is 20.0. The number of hydrogen-bond donors (Lipinski definition) is 0. The van der Waals surface area contributed by atoms with Gasteiger partial charge in [0.15, 0.2) is 11.6 Å². The number of ether oxygens (including phenoxy) is 2. The van der Waals surface area contributed by atoms with Crippen molar-refractivity contribution >= 4 is 16.9 Å². The molecule has 1 unspecified atom stereocenters. The van der Waals surface area contributed by atoms with Crippen molar-refractivity contribution in [2.75, 3.05) is 25.1 Å². The lowest BCUT2D eigenvalue weighted by atomic mass is 10.3. The van der Waals surface area contributed by atoms with Crippen LogP contribution in [0.3, 0.4) is 0 Å². The summed E-state index contributed by atoms with van der Waals surface area (Å²) in [5.41, 5.74) is 2.76. The van der Waals surface area contributed by atoms with E-state index in [0.717, 1.165) is 42.1 Å². The van der Waals surface area contributed by atoms with Gasteiger partial charge in [-0.25, -0.2) is 9.97 Å². The second kappa shape index (κ2) is 6.51. The van der Waals surface area contributed by atoms with Gasteiger partial charge >= 0.3 is 6.01 Å². The third kappa shape index (κ3) is 3.17. The van der Waals surface area contributed by atoms with Crippen molar-refractivity contribution in [3.8, 4) is 11.8 Å². The van der Waals surface area contributed by atoms with E-state index >= 15 is 0 Å². The molecule has 4 rings (SSSR count). The second-order valence-corrected chi connectivity index (χ2v) is 6.00. The van der Waals surface area contributed by atoms with Gasteiger partial charge in [-0.3, -0.25) is 0 Å². The molecule has 1 aromatic carbocycles. The van der Waals surface area contributed by atoms with Crippen LogP contribution in [0.15, 0.2) is 36.7 Å². The zero-order valence-corrected chi connectivity index (χ0v) is 14.2. The predicted octanol–water partition coefficient (Wildman–Crippen LogP) is 2.39. The van der Waals surface area contributed by atoms with Crippen molar-refractivity contribution in [2.24, 2.45) is 0 Å². The summed E-state index contributed by atoms with van der Waals surface area (Å²) < 4.78 is 10.9. The molecule has 1 atom stereocenters. The second-order valence-electron chi connectivity index (χ2n) is 6.00. The minimum absolute atomic E-state index is 0.0288. The van der Waals surface area contributed by atoms with Gasteiger partial charge in [-0.2, -0.15) is 9.97 Å². The van der Waals surface area contributed by atoms with Crippen LogP contribution in [-0.2, 0) is 0 Å². The minimum Gasteiger partial charge on any atom is -0.494 e. The smallest absolute Gasteiger partial charge is 0.316 e. The molecule has 0 aliphatic carbocycles. The lowest BCUT2D eigenvalue weighted by molar-refractivity contribution is 0.205. The van der Waals surface area contributed by atoms with E-state index in [1.807, 2.05) is 31.2 Å². The molecular formula is C18H19N5O2. The zero-order chi connectivity index (χ0) is 17.2. The third-order valence-corrected chi connectivity index (χ3v) is 4.28. The number of benzene rings is 1. The maximum atomic E-state index is 5.89. The molecule has 1 saturated heterocycles. The van der Waals surface area contributed by atoms with Gasteiger partial charge in [0, 0.05) is 13.0 Å². The standard InChI is InChI=1S/C18H19N5O2/c1-12-17(22-16-6-4-3-5-15(16)21-12)23-8-7-13(11-23)25-18-19-9-14(24-2)10-20-18/h3-6,9-10,13H,7-8,11H2,1-2H3. The van der Waals surface area contributed by atoms with Gasteiger partial charge in [0.25, 0.3) is 0 Å². The summed E-state index contributed by atoms with van der Waals surface area (Å²) >= 11 is 0. The lowest BCUT2D eigenvalue weighted by Crippen LogP contribution is -2.26. The van der Waals surface area contributed by atoms with Crippen LogP contribution in [0.1, 0.15) is 12.1 Å². The number of aryl methyl sites for hydroxylation is 1. The normalized spacial score (nSPS) is 17.0. The van der Waals surface area contributed by atoms with E-state index < -0.39 is 0 Å². The SMILES string of the molecule is COc1cnc(OC2CCN(c3nc4ccccc4nc3C)C2)nc1. The highest BCUT2D eigenvalue weighted by Gasteiger charge is 2.27. The van der Waals surface area contributed by atoms with Gasteiger partial charge in [0.2, 0.25) is 0 Å². The molecule has 128 valence electrons. The van der Waals surface area contributed by atoms with Crippen molar-refractivity contribution < 1.29 is 9.47 Å². The third-order valence-electron chi connectivity index (χ3n) is 4.28. The van der Waals surface area contributed by atoms with Gasteiger partial charge in [-0.15, -0.1) is 0 Å². The number of methoxy groups -OCH3 is 1. The Labute approximate surface area is 145 Å². The number of para-hydroxylation sites is 2. The van der Waals surface area contributed by atoms with Crippen LogP contribution >= 0.6 is 0 Å². The Morgan fingerprint density at radius 3 is 2.52 bits per heavy atom. The molecule has 1 aliphatic rings. The zero-order valence-electron chi connectivity index (χ0n) is 14.2. The maximum Gasteiger partial charge on any atom is 0.316 e. The largest absolute Gasteiger partial charge is 0.494 e. The highest BCUT2D eigenvalue weighted by molar-refractivity contribution is 5.76. The summed E-state index contributed by atoms with van der Waals surface area (Å²) in [6.07, 6.45) is 4.13. The quantitative estimate of drug-likeness (QED) is 0.724. The molecule has 3 heterocycles. The molecule has 0 radical (unpaired) electrons. The number of fused-ring (bicyclic) bond motifs is 1. The maximum absolute atomic E-state index is 5.89. The first-order chi connectivity index (χ1) is 12.2. The van der Waals surface area contributed by atoms with Gasteiger partial charge in [0.05, 0.1) is 42.8 Å². The highest BCUT2D eigenvalue weighted by Crippen LogP contribution is 2.25. The van der Waals surface area contributed by atoms with E-state index in [9.17, 15) is 0 Å². The first-order valence-corrected chi connectivity index (χ1v) is 8.24. The molecule has 0 bridgehead atoms. The molecule has 2 aromatic heterocycles. The first-order valence-electron chi connectivity index (χ1n) is 8.24.